The van der Waals surface area contributed by atoms with Gasteiger partial charge in [0, 0.05) is 5.69 Å². The fourth-order valence-electron chi connectivity index (χ4n) is 2.03. The van der Waals surface area contributed by atoms with E-state index in [0.29, 0.717) is 16.9 Å². The zero-order valence-corrected chi connectivity index (χ0v) is 13.3. The van der Waals surface area contributed by atoms with Crippen molar-refractivity contribution in [2.24, 2.45) is 0 Å². The summed E-state index contributed by atoms with van der Waals surface area (Å²) in [5.41, 5.74) is 1.94. The molecule has 0 bridgehead atoms. The van der Waals surface area contributed by atoms with Crippen LogP contribution < -0.4 is 5.32 Å². The van der Waals surface area contributed by atoms with Gasteiger partial charge in [0.2, 0.25) is 5.91 Å². The van der Waals surface area contributed by atoms with Gasteiger partial charge in [0.25, 0.3) is 11.1 Å². The van der Waals surface area contributed by atoms with E-state index in [1.165, 1.54) is 18.0 Å². The predicted octanol–water partition coefficient (Wildman–Crippen LogP) is 3.62. The lowest BCUT2D eigenvalue weighted by Gasteiger charge is -2.08. The molecule has 0 saturated heterocycles. The van der Waals surface area contributed by atoms with E-state index in [2.05, 4.69) is 15.5 Å². The highest BCUT2D eigenvalue weighted by atomic mass is 32.2. The number of benzene rings is 1. The van der Waals surface area contributed by atoms with Crippen LogP contribution in [-0.2, 0) is 11.2 Å². The Bertz CT molecular complexity index is 783. The molecule has 2 heterocycles. The number of hydrogen-bond donors (Lipinski definition) is 1. The first-order valence-corrected chi connectivity index (χ1v) is 8.12. The van der Waals surface area contributed by atoms with Crippen molar-refractivity contribution in [3.05, 3.63) is 48.2 Å². The van der Waals surface area contributed by atoms with E-state index in [4.69, 9.17) is 8.83 Å². The minimum atomic E-state index is -0.117. The number of nitrogens with zero attached hydrogens (tertiary/aromatic N) is 2. The topological polar surface area (TPSA) is 81.2 Å². The molecule has 1 amide bonds. The number of carbonyl (C=O) groups excluding carboxylic acids is 1. The highest BCUT2D eigenvalue weighted by Gasteiger charge is 2.13. The molecule has 118 valence electrons. The van der Waals surface area contributed by atoms with Crippen molar-refractivity contribution in [3.63, 3.8) is 0 Å². The number of furan rings is 1. The lowest BCUT2D eigenvalue weighted by Crippen LogP contribution is -2.15. The predicted molar refractivity (Wildman–Crippen MR) is 87.2 cm³/mol. The molecule has 0 fully saturated rings. The number of anilines is 1. The second kappa shape index (κ2) is 7.15. The summed E-state index contributed by atoms with van der Waals surface area (Å²) in [5.74, 6) is 0.881. The molecule has 0 aliphatic heterocycles. The van der Waals surface area contributed by atoms with Crippen LogP contribution in [0, 0.1) is 0 Å². The Balaban J connectivity index is 1.57. The first-order valence-electron chi connectivity index (χ1n) is 7.14. The Morgan fingerprint density at radius 2 is 2.09 bits per heavy atom. The summed E-state index contributed by atoms with van der Waals surface area (Å²) in [7, 11) is 0. The van der Waals surface area contributed by atoms with E-state index in [9.17, 15) is 4.79 Å². The Morgan fingerprint density at radius 3 is 2.87 bits per heavy atom. The average Bonchev–Trinajstić information content (AvgIpc) is 3.24. The van der Waals surface area contributed by atoms with Crippen LogP contribution in [0.25, 0.3) is 11.7 Å². The molecule has 0 aliphatic rings. The highest BCUT2D eigenvalue weighted by molar-refractivity contribution is 7.99. The van der Waals surface area contributed by atoms with E-state index < -0.39 is 0 Å². The van der Waals surface area contributed by atoms with Gasteiger partial charge in [-0.3, -0.25) is 4.79 Å². The van der Waals surface area contributed by atoms with Crippen molar-refractivity contribution < 1.29 is 13.6 Å². The van der Waals surface area contributed by atoms with Crippen LogP contribution in [0.4, 0.5) is 5.69 Å². The number of aromatic nitrogens is 2. The number of thioether (sulfide) groups is 1. The summed E-state index contributed by atoms with van der Waals surface area (Å²) < 4.78 is 10.6. The molecule has 0 saturated carbocycles. The first-order chi connectivity index (χ1) is 11.3. The molecule has 7 heteroatoms. The first kappa shape index (κ1) is 15.4. The summed E-state index contributed by atoms with van der Waals surface area (Å²) in [6.45, 7) is 2.05. The van der Waals surface area contributed by atoms with Gasteiger partial charge in [0.05, 0.1) is 12.0 Å². The number of nitrogens with one attached hydrogen (secondary N) is 1. The van der Waals surface area contributed by atoms with Crippen molar-refractivity contribution in [1.82, 2.24) is 10.2 Å². The van der Waals surface area contributed by atoms with Gasteiger partial charge in [-0.15, -0.1) is 10.2 Å². The van der Waals surface area contributed by atoms with E-state index in [-0.39, 0.29) is 11.7 Å². The van der Waals surface area contributed by atoms with Gasteiger partial charge in [-0.05, 0) is 30.2 Å². The molecular formula is C16H15N3O3S. The lowest BCUT2D eigenvalue weighted by atomic mass is 10.1. The summed E-state index contributed by atoms with van der Waals surface area (Å²) >= 11 is 1.19. The Labute approximate surface area is 137 Å². The summed E-state index contributed by atoms with van der Waals surface area (Å²) in [4.78, 5) is 12.0. The number of hydrogen-bond acceptors (Lipinski definition) is 6. The molecule has 3 rings (SSSR count). The van der Waals surface area contributed by atoms with Crippen LogP contribution in [0.2, 0.25) is 0 Å². The molecule has 2 aromatic heterocycles. The van der Waals surface area contributed by atoms with Crippen molar-refractivity contribution in [2.75, 3.05) is 11.1 Å². The number of rotatable bonds is 6. The largest absolute Gasteiger partial charge is 0.459 e. The number of amides is 1. The fourth-order valence-corrected chi connectivity index (χ4v) is 2.60. The second-order valence-electron chi connectivity index (χ2n) is 4.70. The zero-order valence-electron chi connectivity index (χ0n) is 12.5. The van der Waals surface area contributed by atoms with Crippen molar-refractivity contribution >= 4 is 23.4 Å². The molecule has 1 N–H and O–H groups in total. The van der Waals surface area contributed by atoms with Gasteiger partial charge < -0.3 is 14.2 Å². The standard InChI is InChI=1S/C16H15N3O3S/c1-2-11-6-3-4-7-12(11)17-14(20)10-23-16-19-18-15(22-16)13-8-5-9-21-13/h3-9H,2,10H2,1H3,(H,17,20). The van der Waals surface area contributed by atoms with Gasteiger partial charge in [-0.2, -0.15) is 0 Å². The van der Waals surface area contributed by atoms with E-state index in [0.717, 1.165) is 17.7 Å². The van der Waals surface area contributed by atoms with Crippen LogP contribution in [0.5, 0.6) is 0 Å². The third kappa shape index (κ3) is 3.81. The Kier molecular flexibility index (Phi) is 4.77. The van der Waals surface area contributed by atoms with Crippen LogP contribution in [0.1, 0.15) is 12.5 Å². The third-order valence-electron chi connectivity index (χ3n) is 3.14. The third-order valence-corrected chi connectivity index (χ3v) is 3.96. The fraction of sp³-hybridized carbons (Fsp3) is 0.188. The lowest BCUT2D eigenvalue weighted by molar-refractivity contribution is -0.113. The zero-order chi connectivity index (χ0) is 16.1. The van der Waals surface area contributed by atoms with Gasteiger partial charge in [0.15, 0.2) is 5.76 Å². The van der Waals surface area contributed by atoms with Gasteiger partial charge >= 0.3 is 0 Å². The van der Waals surface area contributed by atoms with Gasteiger partial charge in [-0.1, -0.05) is 36.9 Å². The smallest absolute Gasteiger partial charge is 0.284 e. The van der Waals surface area contributed by atoms with Gasteiger partial charge in [0.1, 0.15) is 0 Å². The summed E-state index contributed by atoms with van der Waals surface area (Å²) in [6.07, 6.45) is 2.39. The molecule has 3 aromatic rings. The molecule has 6 nitrogen and oxygen atoms in total. The van der Waals surface area contributed by atoms with Gasteiger partial charge in [-0.25, -0.2) is 0 Å². The van der Waals surface area contributed by atoms with E-state index in [1.807, 2.05) is 31.2 Å². The van der Waals surface area contributed by atoms with Crippen LogP contribution in [0.15, 0.2) is 56.7 Å². The minimum Gasteiger partial charge on any atom is -0.459 e. The molecule has 0 aliphatic carbocycles. The maximum absolute atomic E-state index is 12.0. The number of para-hydroxylation sites is 1. The van der Waals surface area contributed by atoms with Crippen molar-refractivity contribution in [1.29, 1.82) is 0 Å². The number of aryl methyl sites for hydroxylation is 1. The summed E-state index contributed by atoms with van der Waals surface area (Å²) in [5, 5.41) is 11.0. The maximum atomic E-state index is 12.0. The Morgan fingerprint density at radius 1 is 1.22 bits per heavy atom. The minimum absolute atomic E-state index is 0.117. The molecule has 0 unspecified atom stereocenters. The normalized spacial score (nSPS) is 10.7. The molecule has 0 atom stereocenters. The van der Waals surface area contributed by atoms with Crippen LogP contribution in [0.3, 0.4) is 0 Å². The summed E-state index contributed by atoms with van der Waals surface area (Å²) in [6, 6.07) is 11.2. The second-order valence-corrected chi connectivity index (χ2v) is 5.62. The Hall–Kier alpha value is -2.54. The quantitative estimate of drug-likeness (QED) is 0.696. The SMILES string of the molecule is CCc1ccccc1NC(=O)CSc1nnc(-c2ccco2)o1. The highest BCUT2D eigenvalue weighted by Crippen LogP contribution is 2.23. The van der Waals surface area contributed by atoms with Crippen LogP contribution >= 0.6 is 11.8 Å². The maximum Gasteiger partial charge on any atom is 0.284 e. The molecular weight excluding hydrogens is 314 g/mol. The van der Waals surface area contributed by atoms with E-state index >= 15 is 0 Å². The molecule has 0 spiro atoms. The molecule has 0 radical (unpaired) electrons. The number of carbonyl (C=O) groups is 1. The van der Waals surface area contributed by atoms with Crippen LogP contribution in [-0.4, -0.2) is 21.9 Å². The van der Waals surface area contributed by atoms with E-state index in [1.54, 1.807) is 12.1 Å². The average molecular weight is 329 g/mol. The monoisotopic (exact) mass is 329 g/mol. The van der Waals surface area contributed by atoms with Crippen molar-refractivity contribution in [3.8, 4) is 11.7 Å². The van der Waals surface area contributed by atoms with Crippen molar-refractivity contribution in [2.45, 2.75) is 18.6 Å². The molecule has 23 heavy (non-hydrogen) atoms. The molecule has 1 aromatic carbocycles.